The van der Waals surface area contributed by atoms with Crippen molar-refractivity contribution < 1.29 is 0 Å². The number of aromatic nitrogens is 2. The Hall–Kier alpha value is -1.67. The largest absolute Gasteiger partial charge is 0.368 e. The van der Waals surface area contributed by atoms with Gasteiger partial charge in [-0.05, 0) is 25.9 Å². The Morgan fingerprint density at radius 1 is 1.24 bits per heavy atom. The van der Waals surface area contributed by atoms with Gasteiger partial charge in [0, 0.05) is 13.1 Å². The summed E-state index contributed by atoms with van der Waals surface area (Å²) in [7, 11) is 0. The average molecular weight is 231 g/mol. The summed E-state index contributed by atoms with van der Waals surface area (Å²) >= 11 is 0. The van der Waals surface area contributed by atoms with Gasteiger partial charge in [-0.1, -0.05) is 6.42 Å². The third kappa shape index (κ3) is 3.68. The van der Waals surface area contributed by atoms with Crippen LogP contribution >= 0.6 is 0 Å². The van der Waals surface area contributed by atoms with Crippen molar-refractivity contribution >= 4 is 5.82 Å². The molecule has 0 radical (unpaired) electrons. The Labute approximate surface area is 101 Å². The van der Waals surface area contributed by atoms with Crippen molar-refractivity contribution in [1.29, 1.82) is 5.26 Å². The van der Waals surface area contributed by atoms with Crippen LogP contribution < -0.4 is 5.32 Å². The Bertz CT molecular complexity index is 375. The molecule has 1 aliphatic rings. The molecule has 0 bridgehead atoms. The third-order valence-corrected chi connectivity index (χ3v) is 2.95. The van der Waals surface area contributed by atoms with Crippen LogP contribution in [0.5, 0.6) is 0 Å². The molecule has 0 unspecified atom stereocenters. The van der Waals surface area contributed by atoms with E-state index in [-0.39, 0.29) is 0 Å². The molecular formula is C12H17N5. The normalized spacial score (nSPS) is 16.4. The lowest BCUT2D eigenvalue weighted by Gasteiger charge is -2.26. The molecule has 5 heteroatoms. The van der Waals surface area contributed by atoms with Gasteiger partial charge in [-0.25, -0.2) is 9.97 Å². The highest BCUT2D eigenvalue weighted by atomic mass is 15.1. The summed E-state index contributed by atoms with van der Waals surface area (Å²) in [5, 5.41) is 11.8. The fourth-order valence-electron chi connectivity index (χ4n) is 2.00. The highest BCUT2D eigenvalue weighted by Gasteiger charge is 2.08. The van der Waals surface area contributed by atoms with Gasteiger partial charge in [0.1, 0.15) is 11.9 Å². The minimum Gasteiger partial charge on any atom is -0.368 e. The predicted molar refractivity (Wildman–Crippen MR) is 65.5 cm³/mol. The van der Waals surface area contributed by atoms with E-state index in [9.17, 15) is 0 Å². The van der Waals surface area contributed by atoms with Crippen LogP contribution in [0, 0.1) is 11.3 Å². The zero-order valence-electron chi connectivity index (χ0n) is 9.89. The number of hydrogen-bond donors (Lipinski definition) is 1. The molecule has 2 rings (SSSR count). The summed E-state index contributed by atoms with van der Waals surface area (Å²) in [5.41, 5.74) is 0.353. The molecule has 1 N–H and O–H groups in total. The zero-order valence-corrected chi connectivity index (χ0v) is 9.89. The first-order valence-corrected chi connectivity index (χ1v) is 6.07. The first-order valence-electron chi connectivity index (χ1n) is 6.07. The van der Waals surface area contributed by atoms with Crippen molar-refractivity contribution in [2.24, 2.45) is 0 Å². The van der Waals surface area contributed by atoms with Crippen LogP contribution in [0.1, 0.15) is 25.0 Å². The fourth-order valence-corrected chi connectivity index (χ4v) is 2.00. The van der Waals surface area contributed by atoms with Crippen LogP contribution in [0.3, 0.4) is 0 Å². The van der Waals surface area contributed by atoms with E-state index in [0.29, 0.717) is 5.69 Å². The molecule has 1 saturated heterocycles. The lowest BCUT2D eigenvalue weighted by molar-refractivity contribution is 0.237. The maximum atomic E-state index is 8.60. The lowest BCUT2D eigenvalue weighted by atomic mass is 10.1. The van der Waals surface area contributed by atoms with Crippen molar-refractivity contribution in [3.8, 4) is 6.07 Å². The van der Waals surface area contributed by atoms with Crippen molar-refractivity contribution in [1.82, 2.24) is 14.9 Å². The third-order valence-electron chi connectivity index (χ3n) is 2.95. The van der Waals surface area contributed by atoms with E-state index in [4.69, 9.17) is 5.26 Å². The summed E-state index contributed by atoms with van der Waals surface area (Å²) in [6.45, 7) is 4.34. The number of likely N-dealkylation sites (tertiary alicyclic amines) is 1. The van der Waals surface area contributed by atoms with Crippen molar-refractivity contribution in [2.75, 3.05) is 31.5 Å². The summed E-state index contributed by atoms with van der Waals surface area (Å²) in [5.74, 6) is 0.737. The Morgan fingerprint density at radius 3 is 2.71 bits per heavy atom. The van der Waals surface area contributed by atoms with E-state index in [2.05, 4.69) is 20.2 Å². The standard InChI is InChI=1S/C12H17N5/c13-8-11-9-16-12(10-15-11)14-4-7-17-5-2-1-3-6-17/h9-10H,1-7H2,(H,14,16). The molecule has 0 aromatic carbocycles. The second-order valence-electron chi connectivity index (χ2n) is 4.23. The van der Waals surface area contributed by atoms with Crippen molar-refractivity contribution in [2.45, 2.75) is 19.3 Å². The average Bonchev–Trinajstić information content (AvgIpc) is 2.41. The molecule has 1 aliphatic heterocycles. The maximum Gasteiger partial charge on any atom is 0.158 e. The van der Waals surface area contributed by atoms with Crippen LogP contribution in [0.25, 0.3) is 0 Å². The van der Waals surface area contributed by atoms with Crippen LogP contribution in [0.2, 0.25) is 0 Å². The lowest BCUT2D eigenvalue weighted by Crippen LogP contribution is -2.33. The molecule has 5 nitrogen and oxygen atoms in total. The number of anilines is 1. The second-order valence-corrected chi connectivity index (χ2v) is 4.23. The van der Waals surface area contributed by atoms with Gasteiger partial charge in [-0.3, -0.25) is 0 Å². The first kappa shape index (κ1) is 11.8. The molecule has 1 fully saturated rings. The number of nitriles is 1. The van der Waals surface area contributed by atoms with E-state index >= 15 is 0 Å². The van der Waals surface area contributed by atoms with E-state index in [0.717, 1.165) is 18.9 Å². The molecule has 17 heavy (non-hydrogen) atoms. The van der Waals surface area contributed by atoms with Crippen molar-refractivity contribution in [3.63, 3.8) is 0 Å². The van der Waals surface area contributed by atoms with Crippen LogP contribution in [-0.2, 0) is 0 Å². The fraction of sp³-hybridized carbons (Fsp3) is 0.583. The minimum atomic E-state index is 0.353. The van der Waals surface area contributed by atoms with E-state index < -0.39 is 0 Å². The number of rotatable bonds is 4. The van der Waals surface area contributed by atoms with E-state index in [1.54, 1.807) is 6.20 Å². The summed E-state index contributed by atoms with van der Waals surface area (Å²) in [4.78, 5) is 10.5. The van der Waals surface area contributed by atoms with Gasteiger partial charge in [0.2, 0.25) is 0 Å². The quantitative estimate of drug-likeness (QED) is 0.844. The second kappa shape index (κ2) is 6.16. The van der Waals surface area contributed by atoms with Gasteiger partial charge in [0.05, 0.1) is 12.4 Å². The number of piperidine rings is 1. The van der Waals surface area contributed by atoms with E-state index in [1.165, 1.54) is 38.5 Å². The maximum absolute atomic E-state index is 8.60. The SMILES string of the molecule is N#Cc1cnc(NCCN2CCCCC2)cn1. The zero-order chi connectivity index (χ0) is 11.9. The van der Waals surface area contributed by atoms with Gasteiger partial charge >= 0.3 is 0 Å². The van der Waals surface area contributed by atoms with Gasteiger partial charge < -0.3 is 10.2 Å². The van der Waals surface area contributed by atoms with Crippen LogP contribution in [-0.4, -0.2) is 41.0 Å². The highest BCUT2D eigenvalue weighted by molar-refractivity contribution is 5.32. The Balaban J connectivity index is 1.72. The summed E-state index contributed by atoms with van der Waals surface area (Å²) in [6, 6.07) is 1.95. The molecule has 0 spiro atoms. The Morgan fingerprint density at radius 2 is 2.06 bits per heavy atom. The van der Waals surface area contributed by atoms with Crippen LogP contribution in [0.15, 0.2) is 12.4 Å². The number of hydrogen-bond acceptors (Lipinski definition) is 5. The van der Waals surface area contributed by atoms with Crippen LogP contribution in [0.4, 0.5) is 5.82 Å². The predicted octanol–water partition coefficient (Wildman–Crippen LogP) is 1.25. The molecule has 0 aliphatic carbocycles. The summed E-state index contributed by atoms with van der Waals surface area (Å²) < 4.78 is 0. The van der Waals surface area contributed by atoms with Crippen molar-refractivity contribution in [3.05, 3.63) is 18.1 Å². The molecule has 0 atom stereocenters. The molecule has 90 valence electrons. The molecule has 1 aromatic heterocycles. The van der Waals surface area contributed by atoms with Gasteiger partial charge in [0.15, 0.2) is 5.69 Å². The Kier molecular flexibility index (Phi) is 4.28. The number of nitrogens with one attached hydrogen (secondary N) is 1. The molecular weight excluding hydrogens is 214 g/mol. The number of nitrogens with zero attached hydrogens (tertiary/aromatic N) is 4. The monoisotopic (exact) mass is 231 g/mol. The molecule has 0 saturated carbocycles. The van der Waals surface area contributed by atoms with Gasteiger partial charge in [-0.15, -0.1) is 0 Å². The molecule has 2 heterocycles. The smallest absolute Gasteiger partial charge is 0.158 e. The first-order chi connectivity index (χ1) is 8.38. The molecule has 0 amide bonds. The minimum absolute atomic E-state index is 0.353. The summed E-state index contributed by atoms with van der Waals surface area (Å²) in [6.07, 6.45) is 7.09. The van der Waals surface area contributed by atoms with E-state index in [1.807, 2.05) is 6.07 Å². The molecule has 1 aromatic rings. The van der Waals surface area contributed by atoms with Gasteiger partial charge in [-0.2, -0.15) is 5.26 Å². The highest BCUT2D eigenvalue weighted by Crippen LogP contribution is 2.08. The topological polar surface area (TPSA) is 64.8 Å². The van der Waals surface area contributed by atoms with Gasteiger partial charge in [0.25, 0.3) is 0 Å².